The molecule has 1 aliphatic carbocycles. The molecule has 0 unspecified atom stereocenters. The second-order valence-corrected chi connectivity index (χ2v) is 4.77. The summed E-state index contributed by atoms with van der Waals surface area (Å²) in [5.41, 5.74) is 6.16. The van der Waals surface area contributed by atoms with Gasteiger partial charge in [0.1, 0.15) is 5.82 Å². The van der Waals surface area contributed by atoms with Gasteiger partial charge in [-0.2, -0.15) is 4.98 Å². The zero-order chi connectivity index (χ0) is 12.6. The van der Waals surface area contributed by atoms with Crippen LogP contribution in [0.3, 0.4) is 0 Å². The van der Waals surface area contributed by atoms with Crippen LogP contribution in [0.15, 0.2) is 28.8 Å². The molecule has 1 heterocycles. The van der Waals surface area contributed by atoms with Gasteiger partial charge in [0.05, 0.1) is 5.41 Å². The zero-order valence-corrected chi connectivity index (χ0v) is 9.90. The lowest BCUT2D eigenvalue weighted by atomic mass is 10.1. The third-order valence-corrected chi connectivity index (χ3v) is 3.47. The molecular formula is C13H14FN3O. The monoisotopic (exact) mass is 247 g/mol. The quantitative estimate of drug-likeness (QED) is 0.894. The van der Waals surface area contributed by atoms with E-state index >= 15 is 0 Å². The molecule has 0 amide bonds. The fraction of sp³-hybridized carbons (Fsp3) is 0.385. The summed E-state index contributed by atoms with van der Waals surface area (Å²) in [5, 5.41) is 3.90. The lowest BCUT2D eigenvalue weighted by molar-refractivity contribution is 0.344. The molecule has 0 radical (unpaired) electrons. The van der Waals surface area contributed by atoms with Crippen LogP contribution in [-0.4, -0.2) is 16.7 Å². The van der Waals surface area contributed by atoms with Crippen molar-refractivity contribution >= 4 is 0 Å². The Hall–Kier alpha value is -1.75. The van der Waals surface area contributed by atoms with Crippen molar-refractivity contribution in [3.05, 3.63) is 47.4 Å². The second kappa shape index (κ2) is 4.17. The van der Waals surface area contributed by atoms with Crippen molar-refractivity contribution in [2.24, 2.45) is 5.73 Å². The standard InChI is InChI=1S/C13H14FN3O/c14-10-4-2-1-3-9(10)7-11-16-12(18-17-11)13(8-15)5-6-13/h1-4H,5-8,15H2. The molecule has 0 bridgehead atoms. The molecule has 0 spiro atoms. The summed E-state index contributed by atoms with van der Waals surface area (Å²) < 4.78 is 18.7. The topological polar surface area (TPSA) is 64.9 Å². The zero-order valence-electron chi connectivity index (χ0n) is 9.90. The molecule has 2 aromatic rings. The van der Waals surface area contributed by atoms with Crippen LogP contribution in [0.2, 0.25) is 0 Å². The van der Waals surface area contributed by atoms with E-state index in [4.69, 9.17) is 10.3 Å². The lowest BCUT2D eigenvalue weighted by Gasteiger charge is -2.03. The van der Waals surface area contributed by atoms with Crippen LogP contribution >= 0.6 is 0 Å². The van der Waals surface area contributed by atoms with Crippen LogP contribution in [0.5, 0.6) is 0 Å². The number of nitrogens with zero attached hydrogens (tertiary/aromatic N) is 2. The fourth-order valence-corrected chi connectivity index (χ4v) is 2.01. The van der Waals surface area contributed by atoms with Gasteiger partial charge >= 0.3 is 0 Å². The van der Waals surface area contributed by atoms with Crippen molar-refractivity contribution in [3.63, 3.8) is 0 Å². The summed E-state index contributed by atoms with van der Waals surface area (Å²) >= 11 is 0. The highest BCUT2D eigenvalue weighted by Crippen LogP contribution is 2.46. The average molecular weight is 247 g/mol. The molecule has 1 aromatic heterocycles. The van der Waals surface area contributed by atoms with Crippen LogP contribution in [-0.2, 0) is 11.8 Å². The summed E-state index contributed by atoms with van der Waals surface area (Å²) in [4.78, 5) is 4.33. The molecule has 3 rings (SSSR count). The first kappa shape index (κ1) is 11.3. The van der Waals surface area contributed by atoms with Crippen molar-refractivity contribution in [3.8, 4) is 0 Å². The van der Waals surface area contributed by atoms with Gasteiger partial charge in [-0.3, -0.25) is 0 Å². The van der Waals surface area contributed by atoms with Crippen LogP contribution in [0.4, 0.5) is 4.39 Å². The van der Waals surface area contributed by atoms with E-state index in [9.17, 15) is 4.39 Å². The summed E-state index contributed by atoms with van der Waals surface area (Å²) in [6.45, 7) is 0.522. The van der Waals surface area contributed by atoms with E-state index in [2.05, 4.69) is 10.1 Å². The normalized spacial score (nSPS) is 16.8. The van der Waals surface area contributed by atoms with Gasteiger partial charge in [0.25, 0.3) is 0 Å². The highest BCUT2D eigenvalue weighted by atomic mass is 19.1. The number of hydrogen-bond acceptors (Lipinski definition) is 4. The van der Waals surface area contributed by atoms with Crippen molar-refractivity contribution in [2.75, 3.05) is 6.54 Å². The van der Waals surface area contributed by atoms with E-state index in [-0.39, 0.29) is 11.2 Å². The Morgan fingerprint density at radius 3 is 2.78 bits per heavy atom. The lowest BCUT2D eigenvalue weighted by Crippen LogP contribution is -2.20. The largest absolute Gasteiger partial charge is 0.339 e. The molecule has 0 aliphatic heterocycles. The van der Waals surface area contributed by atoms with Gasteiger partial charge in [0.2, 0.25) is 5.89 Å². The number of halogens is 1. The van der Waals surface area contributed by atoms with Gasteiger partial charge in [-0.1, -0.05) is 23.4 Å². The minimum Gasteiger partial charge on any atom is -0.339 e. The molecule has 1 aromatic carbocycles. The van der Waals surface area contributed by atoms with Crippen LogP contribution in [0.1, 0.15) is 30.1 Å². The Labute approximate surface area is 104 Å². The minimum absolute atomic E-state index is 0.111. The third-order valence-electron chi connectivity index (χ3n) is 3.47. The first-order valence-electron chi connectivity index (χ1n) is 6.00. The molecular weight excluding hydrogens is 233 g/mol. The molecule has 5 heteroatoms. The van der Waals surface area contributed by atoms with Gasteiger partial charge in [0.15, 0.2) is 5.82 Å². The van der Waals surface area contributed by atoms with Crippen molar-refractivity contribution < 1.29 is 8.91 Å². The molecule has 94 valence electrons. The maximum absolute atomic E-state index is 13.5. The van der Waals surface area contributed by atoms with E-state index in [0.29, 0.717) is 30.2 Å². The molecule has 0 atom stereocenters. The van der Waals surface area contributed by atoms with Gasteiger partial charge in [0, 0.05) is 13.0 Å². The Kier molecular flexibility index (Phi) is 2.63. The minimum atomic E-state index is -0.246. The number of benzene rings is 1. The SMILES string of the molecule is NCC1(c2nc(Cc3ccccc3F)no2)CC1. The van der Waals surface area contributed by atoms with Gasteiger partial charge in [-0.15, -0.1) is 0 Å². The average Bonchev–Trinajstić information content (AvgIpc) is 3.05. The van der Waals surface area contributed by atoms with Crippen LogP contribution in [0.25, 0.3) is 0 Å². The molecule has 0 saturated heterocycles. The van der Waals surface area contributed by atoms with Gasteiger partial charge in [-0.25, -0.2) is 4.39 Å². The Balaban J connectivity index is 1.81. The molecule has 18 heavy (non-hydrogen) atoms. The fourth-order valence-electron chi connectivity index (χ4n) is 2.01. The van der Waals surface area contributed by atoms with E-state index in [0.717, 1.165) is 12.8 Å². The van der Waals surface area contributed by atoms with Crippen molar-refractivity contribution in [1.82, 2.24) is 10.1 Å². The summed E-state index contributed by atoms with van der Waals surface area (Å²) in [5.74, 6) is 0.856. The Morgan fingerprint density at radius 2 is 2.11 bits per heavy atom. The summed E-state index contributed by atoms with van der Waals surface area (Å²) in [6, 6.07) is 6.61. The summed E-state index contributed by atoms with van der Waals surface area (Å²) in [6.07, 6.45) is 2.33. The van der Waals surface area contributed by atoms with Crippen molar-refractivity contribution in [2.45, 2.75) is 24.7 Å². The maximum atomic E-state index is 13.5. The highest BCUT2D eigenvalue weighted by molar-refractivity contribution is 5.22. The number of hydrogen-bond donors (Lipinski definition) is 1. The molecule has 1 fully saturated rings. The predicted octanol–water partition coefficient (Wildman–Crippen LogP) is 1.79. The number of rotatable bonds is 4. The van der Waals surface area contributed by atoms with E-state index in [1.807, 2.05) is 0 Å². The third kappa shape index (κ3) is 1.90. The maximum Gasteiger partial charge on any atom is 0.234 e. The van der Waals surface area contributed by atoms with Crippen LogP contribution < -0.4 is 5.73 Å². The molecule has 1 aliphatic rings. The molecule has 2 N–H and O–H groups in total. The first-order chi connectivity index (χ1) is 8.73. The smallest absolute Gasteiger partial charge is 0.234 e. The van der Waals surface area contributed by atoms with Crippen LogP contribution in [0, 0.1) is 5.82 Å². The van der Waals surface area contributed by atoms with E-state index in [1.54, 1.807) is 18.2 Å². The molecule has 4 nitrogen and oxygen atoms in total. The van der Waals surface area contributed by atoms with Crippen molar-refractivity contribution in [1.29, 1.82) is 0 Å². The van der Waals surface area contributed by atoms with Gasteiger partial charge < -0.3 is 10.3 Å². The Bertz CT molecular complexity index is 563. The molecule has 1 saturated carbocycles. The van der Waals surface area contributed by atoms with Gasteiger partial charge in [-0.05, 0) is 24.5 Å². The number of nitrogens with two attached hydrogens (primary N) is 1. The summed E-state index contributed by atoms with van der Waals surface area (Å²) in [7, 11) is 0. The first-order valence-corrected chi connectivity index (χ1v) is 6.00. The highest BCUT2D eigenvalue weighted by Gasteiger charge is 2.48. The van der Waals surface area contributed by atoms with E-state index < -0.39 is 0 Å². The number of aromatic nitrogens is 2. The second-order valence-electron chi connectivity index (χ2n) is 4.77. The predicted molar refractivity (Wildman–Crippen MR) is 63.5 cm³/mol. The van der Waals surface area contributed by atoms with E-state index in [1.165, 1.54) is 6.07 Å². The Morgan fingerprint density at radius 1 is 1.33 bits per heavy atom.